The fraction of sp³-hybridized carbons (Fsp3) is 0.353. The Morgan fingerprint density at radius 1 is 1.38 bits per heavy atom. The van der Waals surface area contributed by atoms with Crippen LogP contribution in [0.1, 0.15) is 28.9 Å². The van der Waals surface area contributed by atoms with Crippen molar-refractivity contribution in [3.8, 4) is 0 Å². The summed E-state index contributed by atoms with van der Waals surface area (Å²) in [5.74, 6) is 0.409. The van der Waals surface area contributed by atoms with Crippen molar-refractivity contribution in [1.82, 2.24) is 29.9 Å². The average Bonchev–Trinajstić information content (AvgIpc) is 3.09. The first-order valence-electron chi connectivity index (χ1n) is 8.52. The van der Waals surface area contributed by atoms with Gasteiger partial charge in [0.2, 0.25) is 5.95 Å². The van der Waals surface area contributed by atoms with Gasteiger partial charge in [-0.05, 0) is 31.9 Å². The lowest BCUT2D eigenvalue weighted by Crippen LogP contribution is -2.48. The van der Waals surface area contributed by atoms with Gasteiger partial charge in [0, 0.05) is 42.7 Å². The third kappa shape index (κ3) is 3.28. The van der Waals surface area contributed by atoms with E-state index in [1.54, 1.807) is 36.0 Å². The molecule has 1 amide bonds. The van der Waals surface area contributed by atoms with Gasteiger partial charge < -0.3 is 10.2 Å². The molecule has 26 heavy (non-hydrogen) atoms. The molecule has 1 atom stereocenters. The number of pyridine rings is 1. The molecule has 0 aromatic carbocycles. The van der Waals surface area contributed by atoms with Crippen LogP contribution in [0, 0.1) is 6.92 Å². The van der Waals surface area contributed by atoms with Crippen LogP contribution in [-0.2, 0) is 0 Å². The minimum absolute atomic E-state index is 0.0174. The summed E-state index contributed by atoms with van der Waals surface area (Å²) >= 11 is 0. The quantitative estimate of drug-likeness (QED) is 0.711. The molecule has 134 valence electrons. The molecule has 1 unspecified atom stereocenters. The van der Waals surface area contributed by atoms with Gasteiger partial charge in [0.15, 0.2) is 5.65 Å². The fourth-order valence-corrected chi connectivity index (χ4v) is 3.23. The van der Waals surface area contributed by atoms with Gasteiger partial charge in [-0.2, -0.15) is 0 Å². The predicted octanol–water partition coefficient (Wildman–Crippen LogP) is 0.520. The Bertz CT molecular complexity index is 1010. The number of amides is 1. The van der Waals surface area contributed by atoms with Crippen LogP contribution in [0.15, 0.2) is 35.5 Å². The summed E-state index contributed by atoms with van der Waals surface area (Å²) in [7, 11) is 0. The van der Waals surface area contributed by atoms with Crippen LogP contribution in [0.4, 0.5) is 5.95 Å². The summed E-state index contributed by atoms with van der Waals surface area (Å²) < 4.78 is 1.75. The molecule has 1 aliphatic rings. The van der Waals surface area contributed by atoms with Crippen molar-refractivity contribution < 1.29 is 4.79 Å². The Labute approximate surface area is 149 Å². The van der Waals surface area contributed by atoms with Crippen LogP contribution in [-0.4, -0.2) is 49.6 Å². The standard InChI is InChI=1S/C17H19N7O2/c1-11-7-15(25)21-17(19-11)23-5-2-3-13(9-23)20-16(26)12-4-6-24-10-18-22-14(24)8-12/h4,6-8,10,13H,2-3,5,9H2,1H3,(H,20,26)(H,19,21,25). The maximum absolute atomic E-state index is 12.6. The molecule has 9 nitrogen and oxygen atoms in total. The summed E-state index contributed by atoms with van der Waals surface area (Å²) in [6, 6.07) is 4.90. The van der Waals surface area contributed by atoms with Gasteiger partial charge >= 0.3 is 0 Å². The van der Waals surface area contributed by atoms with Gasteiger partial charge in [0.1, 0.15) is 6.33 Å². The van der Waals surface area contributed by atoms with E-state index >= 15 is 0 Å². The number of nitrogens with zero attached hydrogens (tertiary/aromatic N) is 5. The Balaban J connectivity index is 1.47. The second-order valence-corrected chi connectivity index (χ2v) is 6.48. The molecular formula is C17H19N7O2. The number of aromatic amines is 1. The molecule has 1 fully saturated rings. The highest BCUT2D eigenvalue weighted by atomic mass is 16.1. The molecule has 4 heterocycles. The van der Waals surface area contributed by atoms with Crippen LogP contribution in [0.5, 0.6) is 0 Å². The number of anilines is 1. The second kappa shape index (κ2) is 6.58. The summed E-state index contributed by atoms with van der Waals surface area (Å²) in [4.78, 5) is 33.4. The third-order valence-electron chi connectivity index (χ3n) is 4.48. The predicted molar refractivity (Wildman–Crippen MR) is 95.3 cm³/mol. The largest absolute Gasteiger partial charge is 0.348 e. The molecule has 9 heteroatoms. The van der Waals surface area contributed by atoms with Crippen molar-refractivity contribution >= 4 is 17.5 Å². The van der Waals surface area contributed by atoms with Crippen LogP contribution in [0.25, 0.3) is 5.65 Å². The van der Waals surface area contributed by atoms with Crippen molar-refractivity contribution in [2.45, 2.75) is 25.8 Å². The Morgan fingerprint density at radius 2 is 2.27 bits per heavy atom. The fourth-order valence-electron chi connectivity index (χ4n) is 3.23. The topological polar surface area (TPSA) is 108 Å². The van der Waals surface area contributed by atoms with Gasteiger partial charge in [-0.25, -0.2) is 4.98 Å². The van der Waals surface area contributed by atoms with Crippen LogP contribution < -0.4 is 15.8 Å². The number of aromatic nitrogens is 5. The minimum atomic E-state index is -0.166. The van der Waals surface area contributed by atoms with E-state index in [1.807, 2.05) is 4.90 Å². The summed E-state index contributed by atoms with van der Waals surface area (Å²) in [6.45, 7) is 3.19. The van der Waals surface area contributed by atoms with E-state index in [4.69, 9.17) is 0 Å². The highest BCUT2D eigenvalue weighted by Crippen LogP contribution is 2.16. The van der Waals surface area contributed by atoms with Crippen LogP contribution in [0.3, 0.4) is 0 Å². The molecule has 3 aromatic heterocycles. The smallest absolute Gasteiger partial charge is 0.252 e. The number of aryl methyl sites for hydroxylation is 1. The Morgan fingerprint density at radius 3 is 3.12 bits per heavy atom. The van der Waals surface area contributed by atoms with Gasteiger partial charge in [0.05, 0.1) is 0 Å². The molecule has 0 bridgehead atoms. The van der Waals surface area contributed by atoms with Crippen molar-refractivity contribution in [2.75, 3.05) is 18.0 Å². The molecule has 2 N–H and O–H groups in total. The highest BCUT2D eigenvalue weighted by molar-refractivity contribution is 5.95. The summed E-state index contributed by atoms with van der Waals surface area (Å²) in [6.07, 6.45) is 5.14. The number of nitrogens with one attached hydrogen (secondary N) is 2. The monoisotopic (exact) mass is 353 g/mol. The third-order valence-corrected chi connectivity index (χ3v) is 4.48. The maximum atomic E-state index is 12.6. The number of hydrogen-bond donors (Lipinski definition) is 2. The number of carbonyl (C=O) groups excluding carboxylic acids is 1. The first-order valence-corrected chi connectivity index (χ1v) is 8.52. The zero-order valence-electron chi connectivity index (χ0n) is 14.3. The second-order valence-electron chi connectivity index (χ2n) is 6.48. The van der Waals surface area contributed by atoms with Gasteiger partial charge in [-0.1, -0.05) is 0 Å². The Hall–Kier alpha value is -3.23. The molecule has 1 saturated heterocycles. The van der Waals surface area contributed by atoms with Crippen LogP contribution >= 0.6 is 0 Å². The first-order chi connectivity index (χ1) is 12.6. The lowest BCUT2D eigenvalue weighted by Gasteiger charge is -2.33. The Kier molecular flexibility index (Phi) is 4.11. The van der Waals surface area contributed by atoms with Crippen molar-refractivity contribution in [3.63, 3.8) is 0 Å². The van der Waals surface area contributed by atoms with E-state index in [0.717, 1.165) is 19.4 Å². The van der Waals surface area contributed by atoms with E-state index < -0.39 is 0 Å². The first kappa shape index (κ1) is 16.2. The van der Waals surface area contributed by atoms with E-state index in [9.17, 15) is 9.59 Å². The van der Waals surface area contributed by atoms with E-state index in [0.29, 0.717) is 29.4 Å². The molecule has 0 radical (unpaired) electrons. The van der Waals surface area contributed by atoms with Crippen molar-refractivity contribution in [2.24, 2.45) is 0 Å². The van der Waals surface area contributed by atoms with E-state index in [-0.39, 0.29) is 17.5 Å². The van der Waals surface area contributed by atoms with Gasteiger partial charge in [0.25, 0.3) is 11.5 Å². The highest BCUT2D eigenvalue weighted by Gasteiger charge is 2.23. The van der Waals surface area contributed by atoms with E-state index in [2.05, 4.69) is 25.5 Å². The van der Waals surface area contributed by atoms with Gasteiger partial charge in [-0.15, -0.1) is 10.2 Å². The number of carbonyl (C=O) groups is 1. The van der Waals surface area contributed by atoms with Crippen LogP contribution in [0.2, 0.25) is 0 Å². The number of hydrogen-bond acceptors (Lipinski definition) is 6. The zero-order valence-corrected chi connectivity index (χ0v) is 14.3. The number of H-pyrrole nitrogens is 1. The number of fused-ring (bicyclic) bond motifs is 1. The maximum Gasteiger partial charge on any atom is 0.252 e. The number of rotatable bonds is 3. The minimum Gasteiger partial charge on any atom is -0.348 e. The lowest BCUT2D eigenvalue weighted by atomic mass is 10.1. The molecule has 0 aliphatic carbocycles. The molecule has 4 rings (SSSR count). The van der Waals surface area contributed by atoms with E-state index in [1.165, 1.54) is 6.07 Å². The normalized spacial score (nSPS) is 17.4. The summed E-state index contributed by atoms with van der Waals surface area (Å²) in [5.41, 5.74) is 1.69. The number of piperidine rings is 1. The zero-order chi connectivity index (χ0) is 18.1. The SMILES string of the molecule is Cc1cc(=O)[nH]c(N2CCCC(NC(=O)c3ccn4cnnc4c3)C2)n1. The lowest BCUT2D eigenvalue weighted by molar-refractivity contribution is 0.0933. The molecule has 3 aromatic rings. The summed E-state index contributed by atoms with van der Waals surface area (Å²) in [5, 5.41) is 10.8. The van der Waals surface area contributed by atoms with Crippen molar-refractivity contribution in [1.29, 1.82) is 0 Å². The van der Waals surface area contributed by atoms with Gasteiger partial charge in [-0.3, -0.25) is 19.0 Å². The molecule has 0 saturated carbocycles. The molecule has 0 spiro atoms. The molecular weight excluding hydrogens is 334 g/mol. The van der Waals surface area contributed by atoms with Crippen molar-refractivity contribution in [3.05, 3.63) is 52.3 Å². The average molecular weight is 353 g/mol. The molecule has 1 aliphatic heterocycles.